The zero-order valence-corrected chi connectivity index (χ0v) is 18.2. The minimum atomic E-state index is -0.0695. The molecule has 0 unspecified atom stereocenters. The number of aromatic nitrogens is 4. The maximum absolute atomic E-state index is 12.7. The SMILES string of the molecule is CCC(=O)Nc1ccc(C(=O)CSc2nnc(-c3cccnc3)n2Cc2ccco2)cc1. The van der Waals surface area contributed by atoms with Crippen LogP contribution in [0.15, 0.2) is 76.8 Å². The Morgan fingerprint density at radius 3 is 2.62 bits per heavy atom. The molecule has 0 aliphatic rings. The number of nitrogens with one attached hydrogen (secondary N) is 1. The molecule has 0 aliphatic carbocycles. The first kappa shape index (κ1) is 21.5. The summed E-state index contributed by atoms with van der Waals surface area (Å²) < 4.78 is 7.41. The van der Waals surface area contributed by atoms with Gasteiger partial charge in [0.1, 0.15) is 5.76 Å². The highest BCUT2D eigenvalue weighted by Gasteiger charge is 2.17. The molecule has 1 N–H and O–H groups in total. The fourth-order valence-electron chi connectivity index (χ4n) is 3.01. The number of ketones is 1. The predicted molar refractivity (Wildman–Crippen MR) is 121 cm³/mol. The lowest BCUT2D eigenvalue weighted by molar-refractivity contribution is -0.115. The van der Waals surface area contributed by atoms with Crippen LogP contribution in [0, 0.1) is 0 Å². The minimum absolute atomic E-state index is 0.0427. The Bertz CT molecular complexity index is 1190. The summed E-state index contributed by atoms with van der Waals surface area (Å²) in [7, 11) is 0. The number of amides is 1. The van der Waals surface area contributed by atoms with E-state index in [0.29, 0.717) is 35.2 Å². The molecule has 0 radical (unpaired) electrons. The quantitative estimate of drug-likeness (QED) is 0.301. The van der Waals surface area contributed by atoms with Gasteiger partial charge in [-0.15, -0.1) is 10.2 Å². The second-order valence-corrected chi connectivity index (χ2v) is 7.85. The van der Waals surface area contributed by atoms with Gasteiger partial charge < -0.3 is 9.73 Å². The van der Waals surface area contributed by atoms with E-state index in [1.807, 2.05) is 28.8 Å². The number of Topliss-reactive ketones (excluding diaryl/α,β-unsaturated/α-hetero) is 1. The maximum atomic E-state index is 12.7. The summed E-state index contributed by atoms with van der Waals surface area (Å²) in [5.41, 5.74) is 2.06. The third-order valence-corrected chi connectivity index (χ3v) is 5.64. The van der Waals surface area contributed by atoms with Crippen molar-refractivity contribution in [3.8, 4) is 11.4 Å². The number of carbonyl (C=O) groups excluding carboxylic acids is 2. The van der Waals surface area contributed by atoms with Gasteiger partial charge in [-0.25, -0.2) is 0 Å². The van der Waals surface area contributed by atoms with Crippen LogP contribution in [0.25, 0.3) is 11.4 Å². The molecule has 0 bridgehead atoms. The van der Waals surface area contributed by atoms with E-state index in [-0.39, 0.29) is 17.4 Å². The van der Waals surface area contributed by atoms with Crippen molar-refractivity contribution < 1.29 is 14.0 Å². The number of rotatable bonds is 9. The number of thioether (sulfide) groups is 1. The molecule has 3 heterocycles. The van der Waals surface area contributed by atoms with E-state index in [0.717, 1.165) is 11.3 Å². The Morgan fingerprint density at radius 1 is 1.09 bits per heavy atom. The van der Waals surface area contributed by atoms with Gasteiger partial charge in [0.15, 0.2) is 16.8 Å². The molecule has 4 aromatic rings. The average molecular weight is 448 g/mol. The standard InChI is InChI=1S/C23H21N5O3S/c1-2-21(30)25-18-9-7-16(8-10-18)20(29)15-32-23-27-26-22(17-5-3-11-24-13-17)28(23)14-19-6-4-12-31-19/h3-13H,2,14-15H2,1H3,(H,25,30). The van der Waals surface area contributed by atoms with Crippen molar-refractivity contribution in [2.75, 3.05) is 11.1 Å². The number of hydrogen-bond acceptors (Lipinski definition) is 7. The van der Waals surface area contributed by atoms with Crippen molar-refractivity contribution >= 4 is 29.1 Å². The zero-order valence-electron chi connectivity index (χ0n) is 17.4. The minimum Gasteiger partial charge on any atom is -0.467 e. The molecular formula is C23H21N5O3S. The molecule has 3 aromatic heterocycles. The van der Waals surface area contributed by atoms with Crippen molar-refractivity contribution in [2.45, 2.75) is 25.0 Å². The van der Waals surface area contributed by atoms with E-state index < -0.39 is 0 Å². The summed E-state index contributed by atoms with van der Waals surface area (Å²) in [6, 6.07) is 14.3. The average Bonchev–Trinajstić information content (AvgIpc) is 3.49. The predicted octanol–water partition coefficient (Wildman–Crippen LogP) is 4.30. The van der Waals surface area contributed by atoms with Crippen LogP contribution in [0.5, 0.6) is 0 Å². The van der Waals surface area contributed by atoms with Gasteiger partial charge >= 0.3 is 0 Å². The Hall–Kier alpha value is -3.72. The summed E-state index contributed by atoms with van der Waals surface area (Å²) in [5, 5.41) is 12.0. The Kier molecular flexibility index (Phi) is 6.76. The molecule has 1 aromatic carbocycles. The zero-order chi connectivity index (χ0) is 22.3. The molecule has 32 heavy (non-hydrogen) atoms. The van der Waals surface area contributed by atoms with Crippen LogP contribution in [0.1, 0.15) is 29.5 Å². The van der Waals surface area contributed by atoms with Crippen LogP contribution in [0.3, 0.4) is 0 Å². The van der Waals surface area contributed by atoms with Crippen LogP contribution in [-0.4, -0.2) is 37.2 Å². The molecule has 0 atom stereocenters. The Balaban J connectivity index is 1.49. The van der Waals surface area contributed by atoms with Gasteiger partial charge in [-0.3, -0.25) is 19.1 Å². The molecule has 8 nitrogen and oxygen atoms in total. The lowest BCUT2D eigenvalue weighted by Crippen LogP contribution is -2.10. The molecule has 1 amide bonds. The molecule has 4 rings (SSSR count). The molecule has 0 saturated heterocycles. The molecule has 0 spiro atoms. The lowest BCUT2D eigenvalue weighted by Gasteiger charge is -2.09. The van der Waals surface area contributed by atoms with Crippen LogP contribution in [0.4, 0.5) is 5.69 Å². The van der Waals surface area contributed by atoms with E-state index in [1.54, 1.807) is 49.8 Å². The first-order valence-corrected chi connectivity index (χ1v) is 11.0. The van der Waals surface area contributed by atoms with E-state index >= 15 is 0 Å². The van der Waals surface area contributed by atoms with E-state index in [9.17, 15) is 9.59 Å². The summed E-state index contributed by atoms with van der Waals surface area (Å²) >= 11 is 1.31. The molecule has 0 aliphatic heterocycles. The topological polar surface area (TPSA) is 103 Å². The monoisotopic (exact) mass is 447 g/mol. The number of pyridine rings is 1. The van der Waals surface area contributed by atoms with Crippen LogP contribution >= 0.6 is 11.8 Å². The maximum Gasteiger partial charge on any atom is 0.224 e. The van der Waals surface area contributed by atoms with Crippen molar-refractivity contribution in [3.63, 3.8) is 0 Å². The molecule has 9 heteroatoms. The van der Waals surface area contributed by atoms with E-state index in [4.69, 9.17) is 4.42 Å². The van der Waals surface area contributed by atoms with Gasteiger partial charge in [-0.05, 0) is 48.5 Å². The van der Waals surface area contributed by atoms with Gasteiger partial charge in [0, 0.05) is 35.6 Å². The molecule has 0 saturated carbocycles. The van der Waals surface area contributed by atoms with E-state index in [1.165, 1.54) is 11.8 Å². The van der Waals surface area contributed by atoms with Crippen molar-refractivity contribution in [1.82, 2.24) is 19.7 Å². The highest BCUT2D eigenvalue weighted by Crippen LogP contribution is 2.25. The number of anilines is 1. The Labute approximate surface area is 189 Å². The van der Waals surface area contributed by atoms with Gasteiger partial charge in [0.05, 0.1) is 18.6 Å². The summed E-state index contributed by atoms with van der Waals surface area (Å²) in [5.74, 6) is 1.50. The number of nitrogens with zero attached hydrogens (tertiary/aromatic N) is 4. The Morgan fingerprint density at radius 2 is 1.94 bits per heavy atom. The first-order valence-electron chi connectivity index (χ1n) is 10.1. The van der Waals surface area contributed by atoms with Gasteiger partial charge in [0.2, 0.25) is 5.91 Å². The smallest absolute Gasteiger partial charge is 0.224 e. The van der Waals surface area contributed by atoms with Crippen molar-refractivity contribution in [1.29, 1.82) is 0 Å². The molecule has 162 valence electrons. The lowest BCUT2D eigenvalue weighted by atomic mass is 10.1. The summed E-state index contributed by atoms with van der Waals surface area (Å²) in [6.45, 7) is 2.22. The highest BCUT2D eigenvalue weighted by molar-refractivity contribution is 7.99. The van der Waals surface area contributed by atoms with Crippen LogP contribution < -0.4 is 5.32 Å². The first-order chi connectivity index (χ1) is 15.6. The summed E-state index contributed by atoms with van der Waals surface area (Å²) in [6.07, 6.45) is 5.44. The summed E-state index contributed by atoms with van der Waals surface area (Å²) in [4.78, 5) is 28.4. The fourth-order valence-corrected chi connectivity index (χ4v) is 3.84. The second kappa shape index (κ2) is 10.1. The third kappa shape index (κ3) is 5.12. The van der Waals surface area contributed by atoms with Crippen molar-refractivity contribution in [2.24, 2.45) is 0 Å². The largest absolute Gasteiger partial charge is 0.467 e. The number of hydrogen-bond donors (Lipinski definition) is 1. The number of furan rings is 1. The normalized spacial score (nSPS) is 10.8. The number of carbonyl (C=O) groups is 2. The second-order valence-electron chi connectivity index (χ2n) is 6.90. The van der Waals surface area contributed by atoms with Crippen molar-refractivity contribution in [3.05, 3.63) is 78.5 Å². The fraction of sp³-hybridized carbons (Fsp3) is 0.174. The highest BCUT2D eigenvalue weighted by atomic mass is 32.2. The van der Waals surface area contributed by atoms with Gasteiger partial charge in [-0.1, -0.05) is 18.7 Å². The van der Waals surface area contributed by atoms with Gasteiger partial charge in [0.25, 0.3) is 0 Å². The number of benzene rings is 1. The van der Waals surface area contributed by atoms with Gasteiger partial charge in [-0.2, -0.15) is 0 Å². The third-order valence-electron chi connectivity index (χ3n) is 4.67. The molecule has 0 fully saturated rings. The van der Waals surface area contributed by atoms with E-state index in [2.05, 4.69) is 20.5 Å². The van der Waals surface area contributed by atoms with Crippen LogP contribution in [-0.2, 0) is 11.3 Å². The molecular weight excluding hydrogens is 426 g/mol. The van der Waals surface area contributed by atoms with Crippen LogP contribution in [0.2, 0.25) is 0 Å².